The number of carbonyl (C=O) groups is 4. The fourth-order valence-corrected chi connectivity index (χ4v) is 7.10. The molecule has 230 valence electrons. The third-order valence-corrected chi connectivity index (χ3v) is 9.62. The zero-order valence-corrected chi connectivity index (χ0v) is 24.4. The molecule has 3 fully saturated rings. The van der Waals surface area contributed by atoms with E-state index in [-0.39, 0.29) is 54.1 Å². The molecule has 2 aromatic carbocycles. The van der Waals surface area contributed by atoms with Crippen molar-refractivity contribution >= 4 is 40.2 Å². The fourth-order valence-electron chi connectivity index (χ4n) is 7.10. The molecule has 44 heavy (non-hydrogen) atoms. The number of halogens is 2. The fraction of sp³-hybridized carbons (Fsp3) is 0.438. The summed E-state index contributed by atoms with van der Waals surface area (Å²) in [5.41, 5.74) is 2.84. The number of benzene rings is 2. The number of ether oxygens (including phenoxy) is 1. The minimum Gasteiger partial charge on any atom is -0.378 e. The molecule has 7 rings (SSSR count). The number of fused-ring (bicyclic) bond motifs is 2. The minimum atomic E-state index is -0.808. The van der Waals surface area contributed by atoms with E-state index in [9.17, 15) is 19.2 Å². The second-order valence-corrected chi connectivity index (χ2v) is 12.0. The highest BCUT2D eigenvalue weighted by Crippen LogP contribution is 2.37. The number of nitrogens with zero attached hydrogens (tertiary/aromatic N) is 3. The van der Waals surface area contributed by atoms with Crippen LogP contribution >= 0.6 is 0 Å². The van der Waals surface area contributed by atoms with E-state index in [1.807, 2.05) is 17.9 Å². The standard InChI is InChI=1S/C32H33F2N5O5/c1-17-19-4-5-23(37-12-14-44-15-13-37)27(34)29(19)36-28(17)32(43)38-10-8-18(9-11-38)20-2-3-21-22(26(20)33)16-39(31(21)42)24-6-7-25(40)35-30(24)41/h2-5,18,24,36H,6-16H2,1H3,(H,35,40,41). The van der Waals surface area contributed by atoms with Gasteiger partial charge < -0.3 is 24.4 Å². The van der Waals surface area contributed by atoms with E-state index in [0.717, 1.165) is 0 Å². The molecule has 0 saturated carbocycles. The number of aromatic amines is 1. The number of hydrogen-bond acceptors (Lipinski definition) is 6. The van der Waals surface area contributed by atoms with Gasteiger partial charge in [0.05, 0.1) is 31.0 Å². The molecule has 3 saturated heterocycles. The van der Waals surface area contributed by atoms with Gasteiger partial charge in [0.2, 0.25) is 11.8 Å². The maximum Gasteiger partial charge on any atom is 0.270 e. The predicted octanol–water partition coefficient (Wildman–Crippen LogP) is 3.37. The van der Waals surface area contributed by atoms with Gasteiger partial charge in [0.1, 0.15) is 17.6 Å². The SMILES string of the molecule is Cc1c(C(=O)N2CCC(c3ccc4c(c3F)CN(C3CCC(=O)NC3=O)C4=O)CC2)[nH]c2c(F)c(N3CCOCC3)ccc12. The summed E-state index contributed by atoms with van der Waals surface area (Å²) in [7, 11) is 0. The van der Waals surface area contributed by atoms with Gasteiger partial charge in [0, 0.05) is 49.1 Å². The van der Waals surface area contributed by atoms with Crippen LogP contribution in [0.25, 0.3) is 10.9 Å². The number of carbonyl (C=O) groups excluding carboxylic acids is 4. The van der Waals surface area contributed by atoms with E-state index >= 15 is 8.78 Å². The lowest BCUT2D eigenvalue weighted by Gasteiger charge is -2.32. The highest BCUT2D eigenvalue weighted by atomic mass is 19.1. The molecule has 0 radical (unpaired) electrons. The molecule has 3 aromatic rings. The van der Waals surface area contributed by atoms with Crippen LogP contribution in [0.5, 0.6) is 0 Å². The molecule has 2 N–H and O–H groups in total. The summed E-state index contributed by atoms with van der Waals surface area (Å²) < 4.78 is 36.8. The molecule has 10 nitrogen and oxygen atoms in total. The Labute approximate surface area is 252 Å². The molecule has 4 aliphatic rings. The van der Waals surface area contributed by atoms with Crippen LogP contribution < -0.4 is 10.2 Å². The van der Waals surface area contributed by atoms with E-state index in [0.29, 0.717) is 85.6 Å². The van der Waals surface area contributed by atoms with E-state index in [1.165, 1.54) is 4.90 Å². The van der Waals surface area contributed by atoms with Crippen LogP contribution in [0.4, 0.5) is 14.5 Å². The van der Waals surface area contributed by atoms with Gasteiger partial charge in [-0.25, -0.2) is 8.78 Å². The summed E-state index contributed by atoms with van der Waals surface area (Å²) in [5.74, 6) is -2.53. The Morgan fingerprint density at radius 2 is 1.70 bits per heavy atom. The number of rotatable bonds is 4. The van der Waals surface area contributed by atoms with Gasteiger partial charge in [0.15, 0.2) is 5.82 Å². The number of aromatic nitrogens is 1. The Morgan fingerprint density at radius 3 is 2.43 bits per heavy atom. The number of amides is 4. The van der Waals surface area contributed by atoms with Crippen LogP contribution in [0.2, 0.25) is 0 Å². The Kier molecular flexibility index (Phi) is 7.11. The van der Waals surface area contributed by atoms with Gasteiger partial charge in [-0.3, -0.25) is 24.5 Å². The number of hydrogen-bond donors (Lipinski definition) is 2. The number of piperidine rings is 2. The lowest BCUT2D eigenvalue weighted by molar-refractivity contribution is -0.136. The number of morpholine rings is 1. The Balaban J connectivity index is 1.05. The summed E-state index contributed by atoms with van der Waals surface area (Å²) in [6, 6.07) is 6.05. The molecule has 4 aliphatic heterocycles. The first-order chi connectivity index (χ1) is 21.2. The summed E-state index contributed by atoms with van der Waals surface area (Å²) in [6.45, 7) is 4.86. The molecule has 0 spiro atoms. The van der Waals surface area contributed by atoms with Gasteiger partial charge in [-0.05, 0) is 55.4 Å². The van der Waals surface area contributed by atoms with Gasteiger partial charge in [-0.15, -0.1) is 0 Å². The highest BCUT2D eigenvalue weighted by molar-refractivity contribution is 6.05. The summed E-state index contributed by atoms with van der Waals surface area (Å²) >= 11 is 0. The van der Waals surface area contributed by atoms with Crippen molar-refractivity contribution in [1.29, 1.82) is 0 Å². The Hall–Kier alpha value is -4.32. The molecule has 1 atom stereocenters. The smallest absolute Gasteiger partial charge is 0.270 e. The quantitative estimate of drug-likeness (QED) is 0.441. The second-order valence-electron chi connectivity index (χ2n) is 12.0. The van der Waals surface area contributed by atoms with Crippen molar-refractivity contribution in [2.75, 3.05) is 44.3 Å². The number of nitrogens with one attached hydrogen (secondary N) is 2. The van der Waals surface area contributed by atoms with Crippen LogP contribution in [-0.4, -0.2) is 83.8 Å². The third kappa shape index (κ3) is 4.63. The topological polar surface area (TPSA) is 115 Å². The molecule has 5 heterocycles. The van der Waals surface area contributed by atoms with Crippen molar-refractivity contribution in [2.24, 2.45) is 0 Å². The lowest BCUT2D eigenvalue weighted by atomic mass is 9.87. The number of imide groups is 1. The third-order valence-electron chi connectivity index (χ3n) is 9.62. The zero-order valence-electron chi connectivity index (χ0n) is 24.4. The average molecular weight is 606 g/mol. The summed E-state index contributed by atoms with van der Waals surface area (Å²) in [5, 5.41) is 2.93. The molecule has 0 aliphatic carbocycles. The van der Waals surface area contributed by atoms with Gasteiger partial charge in [0.25, 0.3) is 11.8 Å². The minimum absolute atomic E-state index is 0.0269. The first-order valence-corrected chi connectivity index (χ1v) is 15.1. The summed E-state index contributed by atoms with van der Waals surface area (Å²) in [6.07, 6.45) is 1.40. The predicted molar refractivity (Wildman–Crippen MR) is 156 cm³/mol. The maximum atomic E-state index is 15.9. The van der Waals surface area contributed by atoms with Crippen molar-refractivity contribution in [3.05, 3.63) is 63.8 Å². The number of likely N-dealkylation sites (tertiary alicyclic amines) is 1. The lowest BCUT2D eigenvalue weighted by Crippen LogP contribution is -2.52. The van der Waals surface area contributed by atoms with Crippen LogP contribution in [0.3, 0.4) is 0 Å². The molecule has 4 amide bonds. The molecular formula is C32H33F2N5O5. The highest BCUT2D eigenvalue weighted by Gasteiger charge is 2.41. The van der Waals surface area contributed by atoms with Crippen LogP contribution in [0.15, 0.2) is 24.3 Å². The van der Waals surface area contributed by atoms with Gasteiger partial charge in [-0.1, -0.05) is 12.1 Å². The van der Waals surface area contributed by atoms with Gasteiger partial charge >= 0.3 is 0 Å². The first kappa shape index (κ1) is 28.5. The van der Waals surface area contributed by atoms with Crippen molar-refractivity contribution < 1.29 is 32.7 Å². The summed E-state index contributed by atoms with van der Waals surface area (Å²) in [4.78, 5) is 58.6. The largest absolute Gasteiger partial charge is 0.378 e. The molecule has 12 heteroatoms. The Morgan fingerprint density at radius 1 is 0.955 bits per heavy atom. The number of aryl methyl sites for hydroxylation is 1. The second kappa shape index (κ2) is 11.0. The average Bonchev–Trinajstić information content (AvgIpc) is 3.55. The van der Waals surface area contributed by atoms with Gasteiger partial charge in [-0.2, -0.15) is 0 Å². The zero-order chi connectivity index (χ0) is 30.7. The van der Waals surface area contributed by atoms with Crippen molar-refractivity contribution in [3.63, 3.8) is 0 Å². The van der Waals surface area contributed by atoms with E-state index < -0.39 is 23.7 Å². The van der Waals surface area contributed by atoms with Crippen LogP contribution in [-0.2, 0) is 20.9 Å². The first-order valence-electron chi connectivity index (χ1n) is 15.1. The number of anilines is 1. The maximum absolute atomic E-state index is 15.9. The molecule has 1 unspecified atom stereocenters. The molecule has 1 aromatic heterocycles. The van der Waals surface area contributed by atoms with Crippen molar-refractivity contribution in [1.82, 2.24) is 20.1 Å². The number of H-pyrrole nitrogens is 1. The normalized spacial score (nSPS) is 21.3. The van der Waals surface area contributed by atoms with E-state index in [4.69, 9.17) is 4.74 Å². The Bertz CT molecular complexity index is 1710. The molecule has 0 bridgehead atoms. The van der Waals surface area contributed by atoms with E-state index in [1.54, 1.807) is 23.1 Å². The molecular weight excluding hydrogens is 572 g/mol. The van der Waals surface area contributed by atoms with Crippen molar-refractivity contribution in [3.8, 4) is 0 Å². The monoisotopic (exact) mass is 605 g/mol. The van der Waals surface area contributed by atoms with Crippen LogP contribution in [0, 0.1) is 18.6 Å². The van der Waals surface area contributed by atoms with Crippen molar-refractivity contribution in [2.45, 2.75) is 51.1 Å². The van der Waals surface area contributed by atoms with Crippen LogP contribution in [0.1, 0.15) is 69.1 Å². The van der Waals surface area contributed by atoms with E-state index in [2.05, 4.69) is 10.3 Å².